The van der Waals surface area contributed by atoms with E-state index in [0.29, 0.717) is 24.3 Å². The lowest BCUT2D eigenvalue weighted by atomic mass is 10.0. The third kappa shape index (κ3) is 3.99. The molecule has 2 amide bonds. The topological polar surface area (TPSA) is 78.1 Å². The van der Waals surface area contributed by atoms with E-state index < -0.39 is 0 Å². The van der Waals surface area contributed by atoms with Crippen LogP contribution in [-0.2, 0) is 0 Å². The number of aromatic nitrogens is 2. The van der Waals surface area contributed by atoms with Gasteiger partial charge in [0.05, 0.1) is 10.6 Å². The molecule has 0 saturated carbocycles. The lowest BCUT2D eigenvalue weighted by Gasteiger charge is -2.32. The standard InChI is InChI=1S/C21H22N4O2S/c1-14-4-2-5-15(12-14)20(26)22-16-7-9-25(10-8-16)21(27)18-13-17(23-24-18)19-6-3-11-28-19/h2-6,11-13,16H,7-10H2,1H3,(H,22,26)(H,23,24). The Hall–Kier alpha value is -2.93. The first kappa shape index (κ1) is 18.4. The van der Waals surface area contributed by atoms with Crippen LogP contribution in [0.4, 0.5) is 0 Å². The van der Waals surface area contributed by atoms with Gasteiger partial charge in [-0.15, -0.1) is 11.3 Å². The highest BCUT2D eigenvalue weighted by molar-refractivity contribution is 7.13. The molecule has 6 nitrogen and oxygen atoms in total. The fourth-order valence-electron chi connectivity index (χ4n) is 3.43. The molecular formula is C21H22N4O2S. The van der Waals surface area contributed by atoms with Gasteiger partial charge in [0.25, 0.3) is 11.8 Å². The Morgan fingerprint density at radius 2 is 2.00 bits per heavy atom. The molecule has 0 radical (unpaired) electrons. The number of carbonyl (C=O) groups is 2. The van der Waals surface area contributed by atoms with E-state index in [2.05, 4.69) is 15.5 Å². The molecule has 0 unspecified atom stereocenters. The number of amides is 2. The molecule has 3 heterocycles. The number of carbonyl (C=O) groups excluding carboxylic acids is 2. The third-order valence-corrected chi connectivity index (χ3v) is 5.88. The van der Waals surface area contributed by atoms with Crippen LogP contribution in [0, 0.1) is 6.92 Å². The number of aromatic amines is 1. The van der Waals surface area contributed by atoms with Crippen LogP contribution in [-0.4, -0.2) is 46.0 Å². The summed E-state index contributed by atoms with van der Waals surface area (Å²) in [5.74, 6) is -0.121. The molecule has 1 aliphatic rings. The quantitative estimate of drug-likeness (QED) is 0.711. The van der Waals surface area contributed by atoms with Crippen molar-refractivity contribution in [3.05, 3.63) is 64.7 Å². The Labute approximate surface area is 167 Å². The Bertz CT molecular complexity index is 972. The predicted molar refractivity (Wildman–Crippen MR) is 109 cm³/mol. The zero-order chi connectivity index (χ0) is 19.5. The van der Waals surface area contributed by atoms with E-state index >= 15 is 0 Å². The Kier molecular flexibility index (Phi) is 5.25. The molecule has 0 aliphatic carbocycles. The van der Waals surface area contributed by atoms with Gasteiger partial charge in [-0.3, -0.25) is 14.7 Å². The van der Waals surface area contributed by atoms with Crippen LogP contribution in [0.3, 0.4) is 0 Å². The van der Waals surface area contributed by atoms with Crippen LogP contribution >= 0.6 is 11.3 Å². The second-order valence-electron chi connectivity index (χ2n) is 7.05. The van der Waals surface area contributed by atoms with Crippen molar-refractivity contribution in [2.24, 2.45) is 0 Å². The van der Waals surface area contributed by atoms with Crippen LogP contribution in [0.2, 0.25) is 0 Å². The van der Waals surface area contributed by atoms with Gasteiger partial charge in [0.2, 0.25) is 0 Å². The molecule has 144 valence electrons. The highest BCUT2D eigenvalue weighted by Gasteiger charge is 2.26. The highest BCUT2D eigenvalue weighted by Crippen LogP contribution is 2.24. The van der Waals surface area contributed by atoms with E-state index in [1.54, 1.807) is 17.4 Å². The second kappa shape index (κ2) is 7.98. The Balaban J connectivity index is 1.32. The molecule has 4 rings (SSSR count). The van der Waals surface area contributed by atoms with Crippen molar-refractivity contribution in [3.8, 4) is 10.6 Å². The van der Waals surface area contributed by atoms with Gasteiger partial charge in [0.15, 0.2) is 5.69 Å². The number of aryl methyl sites for hydroxylation is 1. The highest BCUT2D eigenvalue weighted by atomic mass is 32.1. The van der Waals surface area contributed by atoms with E-state index in [-0.39, 0.29) is 17.9 Å². The molecule has 28 heavy (non-hydrogen) atoms. The summed E-state index contributed by atoms with van der Waals surface area (Å²) in [6, 6.07) is 13.4. The number of nitrogens with zero attached hydrogens (tertiary/aromatic N) is 2. The van der Waals surface area contributed by atoms with Gasteiger partial charge in [-0.1, -0.05) is 23.8 Å². The largest absolute Gasteiger partial charge is 0.349 e. The molecule has 1 aliphatic heterocycles. The molecule has 1 aromatic carbocycles. The van der Waals surface area contributed by atoms with E-state index in [1.807, 2.05) is 53.6 Å². The lowest BCUT2D eigenvalue weighted by molar-refractivity contribution is 0.0692. The van der Waals surface area contributed by atoms with Crippen molar-refractivity contribution in [3.63, 3.8) is 0 Å². The number of likely N-dealkylation sites (tertiary alicyclic amines) is 1. The molecule has 2 N–H and O–H groups in total. The number of H-pyrrole nitrogens is 1. The van der Waals surface area contributed by atoms with Gasteiger partial charge in [-0.05, 0) is 49.4 Å². The second-order valence-corrected chi connectivity index (χ2v) is 8.00. The molecule has 3 aromatic rings. The van der Waals surface area contributed by atoms with E-state index in [1.165, 1.54) is 0 Å². The number of hydrogen-bond acceptors (Lipinski definition) is 4. The molecule has 1 saturated heterocycles. The summed E-state index contributed by atoms with van der Waals surface area (Å²) in [5.41, 5.74) is 3.04. The lowest BCUT2D eigenvalue weighted by Crippen LogP contribution is -2.46. The normalized spacial score (nSPS) is 14.8. The zero-order valence-corrected chi connectivity index (χ0v) is 16.5. The summed E-state index contributed by atoms with van der Waals surface area (Å²) < 4.78 is 0. The minimum Gasteiger partial charge on any atom is -0.349 e. The van der Waals surface area contributed by atoms with Crippen molar-refractivity contribution in [2.75, 3.05) is 13.1 Å². The first-order chi connectivity index (χ1) is 13.6. The Morgan fingerprint density at radius 3 is 2.71 bits per heavy atom. The van der Waals surface area contributed by atoms with Gasteiger partial charge >= 0.3 is 0 Å². The van der Waals surface area contributed by atoms with E-state index in [0.717, 1.165) is 29.0 Å². The molecule has 7 heteroatoms. The maximum absolute atomic E-state index is 12.7. The van der Waals surface area contributed by atoms with Crippen molar-refractivity contribution in [2.45, 2.75) is 25.8 Å². The monoisotopic (exact) mass is 394 g/mol. The maximum atomic E-state index is 12.7. The summed E-state index contributed by atoms with van der Waals surface area (Å²) in [4.78, 5) is 28.0. The van der Waals surface area contributed by atoms with Crippen LogP contribution in [0.5, 0.6) is 0 Å². The minimum atomic E-state index is -0.0671. The average Bonchev–Trinajstić information content (AvgIpc) is 3.40. The molecule has 0 atom stereocenters. The van der Waals surface area contributed by atoms with Crippen LogP contribution in [0.25, 0.3) is 10.6 Å². The molecule has 0 bridgehead atoms. The first-order valence-corrected chi connectivity index (χ1v) is 10.2. The number of hydrogen-bond donors (Lipinski definition) is 2. The summed E-state index contributed by atoms with van der Waals surface area (Å²) >= 11 is 1.61. The fourth-order valence-corrected chi connectivity index (χ4v) is 4.13. The van der Waals surface area contributed by atoms with Crippen molar-refractivity contribution < 1.29 is 9.59 Å². The van der Waals surface area contributed by atoms with Crippen molar-refractivity contribution >= 4 is 23.2 Å². The van der Waals surface area contributed by atoms with Gasteiger partial charge in [-0.25, -0.2) is 0 Å². The number of nitrogens with one attached hydrogen (secondary N) is 2. The number of benzene rings is 1. The first-order valence-electron chi connectivity index (χ1n) is 9.36. The van der Waals surface area contributed by atoms with E-state index in [9.17, 15) is 9.59 Å². The van der Waals surface area contributed by atoms with Crippen molar-refractivity contribution in [1.29, 1.82) is 0 Å². The summed E-state index contributed by atoms with van der Waals surface area (Å²) in [7, 11) is 0. The third-order valence-electron chi connectivity index (χ3n) is 4.98. The number of piperidine rings is 1. The fraction of sp³-hybridized carbons (Fsp3) is 0.286. The van der Waals surface area contributed by atoms with Crippen LogP contribution < -0.4 is 5.32 Å². The van der Waals surface area contributed by atoms with Crippen LogP contribution in [0.15, 0.2) is 47.8 Å². The van der Waals surface area contributed by atoms with E-state index in [4.69, 9.17) is 0 Å². The SMILES string of the molecule is Cc1cccc(C(=O)NC2CCN(C(=O)c3cc(-c4cccs4)[nH]n3)CC2)c1. The van der Waals surface area contributed by atoms with Crippen LogP contribution in [0.1, 0.15) is 39.3 Å². The van der Waals surface area contributed by atoms with Gasteiger partial charge < -0.3 is 10.2 Å². The average molecular weight is 395 g/mol. The van der Waals surface area contributed by atoms with Gasteiger partial charge in [0.1, 0.15) is 0 Å². The number of thiophene rings is 1. The molecule has 1 fully saturated rings. The summed E-state index contributed by atoms with van der Waals surface area (Å²) in [5, 5.41) is 12.2. The smallest absolute Gasteiger partial charge is 0.274 e. The predicted octanol–water partition coefficient (Wildman–Crippen LogP) is 3.48. The maximum Gasteiger partial charge on any atom is 0.274 e. The molecule has 0 spiro atoms. The molecule has 2 aromatic heterocycles. The summed E-state index contributed by atoms with van der Waals surface area (Å²) in [6.45, 7) is 3.19. The minimum absolute atomic E-state index is 0.0543. The molecular weight excluding hydrogens is 372 g/mol. The number of rotatable bonds is 4. The van der Waals surface area contributed by atoms with Gasteiger partial charge in [-0.2, -0.15) is 5.10 Å². The Morgan fingerprint density at radius 1 is 1.18 bits per heavy atom. The zero-order valence-electron chi connectivity index (χ0n) is 15.6. The van der Waals surface area contributed by atoms with Gasteiger partial charge in [0, 0.05) is 24.7 Å². The van der Waals surface area contributed by atoms with Crippen molar-refractivity contribution in [1.82, 2.24) is 20.4 Å². The summed E-state index contributed by atoms with van der Waals surface area (Å²) in [6.07, 6.45) is 1.48.